The summed E-state index contributed by atoms with van der Waals surface area (Å²) in [6.07, 6.45) is 0. The highest BCUT2D eigenvalue weighted by Crippen LogP contribution is 2.13. The summed E-state index contributed by atoms with van der Waals surface area (Å²) in [4.78, 5) is 0. The maximum Gasteiger partial charge on any atom is 0.0646 e. The third-order valence-corrected chi connectivity index (χ3v) is 2.19. The molecule has 0 radical (unpaired) electrons. The van der Waals surface area contributed by atoms with Gasteiger partial charge in [-0.05, 0) is 57.9 Å². The Morgan fingerprint density at radius 3 is 2.12 bits per heavy atom. The highest BCUT2D eigenvalue weighted by Gasteiger charge is 2.08. The first-order valence-electron chi connectivity index (χ1n) is 5.83. The van der Waals surface area contributed by atoms with Gasteiger partial charge in [0, 0.05) is 12.2 Å². The number of rotatable bonds is 4. The molecule has 2 nitrogen and oxygen atoms in total. The molecule has 0 saturated heterocycles. The van der Waals surface area contributed by atoms with E-state index in [1.54, 1.807) is 0 Å². The number of ether oxygens (including phenoxy) is 1. The molecule has 2 heteroatoms. The van der Waals surface area contributed by atoms with E-state index in [2.05, 4.69) is 58.1 Å². The zero-order valence-corrected chi connectivity index (χ0v) is 11.1. The molecule has 0 fully saturated rings. The van der Waals surface area contributed by atoms with Gasteiger partial charge in [-0.1, -0.05) is 6.07 Å². The smallest absolute Gasteiger partial charge is 0.0646 e. The van der Waals surface area contributed by atoms with Crippen molar-refractivity contribution >= 4 is 5.69 Å². The molecule has 16 heavy (non-hydrogen) atoms. The lowest BCUT2D eigenvalue weighted by Crippen LogP contribution is -2.23. The summed E-state index contributed by atoms with van der Waals surface area (Å²) in [7, 11) is 0. The van der Waals surface area contributed by atoms with Gasteiger partial charge in [-0.3, -0.25) is 0 Å². The molecule has 0 bridgehead atoms. The van der Waals surface area contributed by atoms with E-state index in [0.717, 1.165) is 13.2 Å². The zero-order valence-electron chi connectivity index (χ0n) is 11.1. The van der Waals surface area contributed by atoms with Crippen LogP contribution in [0, 0.1) is 13.8 Å². The minimum Gasteiger partial charge on any atom is -0.383 e. The van der Waals surface area contributed by atoms with Crippen molar-refractivity contribution in [1.82, 2.24) is 0 Å². The summed E-state index contributed by atoms with van der Waals surface area (Å²) in [6, 6.07) is 6.49. The summed E-state index contributed by atoms with van der Waals surface area (Å²) in [6.45, 7) is 12.0. The van der Waals surface area contributed by atoms with E-state index in [1.807, 2.05) is 0 Å². The second kappa shape index (κ2) is 5.35. The van der Waals surface area contributed by atoms with Crippen molar-refractivity contribution in [3.63, 3.8) is 0 Å². The Balaban J connectivity index is 2.37. The number of nitrogens with one attached hydrogen (secondary N) is 1. The molecule has 0 amide bonds. The molecule has 0 unspecified atom stereocenters. The highest BCUT2D eigenvalue weighted by molar-refractivity contribution is 5.48. The first-order chi connectivity index (χ1) is 7.37. The van der Waals surface area contributed by atoms with Crippen molar-refractivity contribution < 1.29 is 4.74 Å². The van der Waals surface area contributed by atoms with Gasteiger partial charge in [-0.2, -0.15) is 0 Å². The van der Waals surface area contributed by atoms with E-state index < -0.39 is 0 Å². The van der Waals surface area contributed by atoms with Gasteiger partial charge in [0.05, 0.1) is 12.2 Å². The van der Waals surface area contributed by atoms with Gasteiger partial charge in [0.25, 0.3) is 0 Å². The lowest BCUT2D eigenvalue weighted by Gasteiger charge is -2.19. The molecule has 1 rings (SSSR count). The van der Waals surface area contributed by atoms with Gasteiger partial charge in [0.15, 0.2) is 0 Å². The fourth-order valence-electron chi connectivity index (χ4n) is 1.63. The van der Waals surface area contributed by atoms with Crippen LogP contribution >= 0.6 is 0 Å². The molecule has 0 aliphatic heterocycles. The number of hydrogen-bond acceptors (Lipinski definition) is 2. The summed E-state index contributed by atoms with van der Waals surface area (Å²) in [5, 5.41) is 3.37. The zero-order chi connectivity index (χ0) is 12.2. The van der Waals surface area contributed by atoms with E-state index in [9.17, 15) is 0 Å². The molecule has 1 aromatic carbocycles. The standard InChI is InChI=1S/C14H23NO/c1-11-8-12(2)10-13(9-11)15-6-7-16-14(3,4)5/h8-10,15H,6-7H2,1-5H3. The summed E-state index contributed by atoms with van der Waals surface area (Å²) < 4.78 is 5.65. The molecule has 90 valence electrons. The molecule has 0 heterocycles. The monoisotopic (exact) mass is 221 g/mol. The van der Waals surface area contributed by atoms with Crippen molar-refractivity contribution in [2.45, 2.75) is 40.2 Å². The van der Waals surface area contributed by atoms with Crippen LogP contribution in [-0.4, -0.2) is 18.8 Å². The van der Waals surface area contributed by atoms with E-state index in [0.29, 0.717) is 0 Å². The third-order valence-electron chi connectivity index (χ3n) is 2.19. The van der Waals surface area contributed by atoms with Gasteiger partial charge in [0.2, 0.25) is 0 Å². The Bertz CT molecular complexity index is 319. The molecule has 0 spiro atoms. The van der Waals surface area contributed by atoms with Crippen LogP contribution in [0.1, 0.15) is 31.9 Å². The summed E-state index contributed by atoms with van der Waals surface area (Å²) in [5.74, 6) is 0. The third kappa shape index (κ3) is 5.17. The maximum absolute atomic E-state index is 5.65. The predicted molar refractivity (Wildman–Crippen MR) is 70.1 cm³/mol. The SMILES string of the molecule is Cc1cc(C)cc(NCCOC(C)(C)C)c1. The van der Waals surface area contributed by atoms with Crippen molar-refractivity contribution in [2.75, 3.05) is 18.5 Å². The first-order valence-corrected chi connectivity index (χ1v) is 5.83. The summed E-state index contributed by atoms with van der Waals surface area (Å²) in [5.41, 5.74) is 3.71. The number of benzene rings is 1. The average Bonchev–Trinajstić information content (AvgIpc) is 2.09. The Labute approximate surface area is 99.0 Å². The van der Waals surface area contributed by atoms with Gasteiger partial charge in [0.1, 0.15) is 0 Å². The molecule has 0 saturated carbocycles. The van der Waals surface area contributed by atoms with Crippen LogP contribution in [0.15, 0.2) is 18.2 Å². The molecule has 0 aliphatic rings. The lowest BCUT2D eigenvalue weighted by molar-refractivity contribution is 0.00333. The Kier molecular flexibility index (Phi) is 4.36. The molecule has 1 aromatic rings. The van der Waals surface area contributed by atoms with E-state index in [-0.39, 0.29) is 5.60 Å². The van der Waals surface area contributed by atoms with E-state index in [1.165, 1.54) is 16.8 Å². The fourth-order valence-corrected chi connectivity index (χ4v) is 1.63. The minimum atomic E-state index is -0.0514. The lowest BCUT2D eigenvalue weighted by atomic mass is 10.1. The predicted octanol–water partition coefficient (Wildman–Crippen LogP) is 3.53. The highest BCUT2D eigenvalue weighted by atomic mass is 16.5. The van der Waals surface area contributed by atoms with Crippen LogP contribution in [0.5, 0.6) is 0 Å². The van der Waals surface area contributed by atoms with E-state index >= 15 is 0 Å². The normalized spacial score (nSPS) is 11.6. The Morgan fingerprint density at radius 2 is 1.62 bits per heavy atom. The van der Waals surface area contributed by atoms with Gasteiger partial charge < -0.3 is 10.1 Å². The Morgan fingerprint density at radius 1 is 1.06 bits per heavy atom. The average molecular weight is 221 g/mol. The van der Waals surface area contributed by atoms with Gasteiger partial charge >= 0.3 is 0 Å². The molecule has 0 aromatic heterocycles. The van der Waals surface area contributed by atoms with Crippen LogP contribution in [0.2, 0.25) is 0 Å². The van der Waals surface area contributed by atoms with E-state index in [4.69, 9.17) is 4.74 Å². The van der Waals surface area contributed by atoms with Crippen molar-refractivity contribution in [1.29, 1.82) is 0 Å². The second-order valence-electron chi connectivity index (χ2n) is 5.26. The topological polar surface area (TPSA) is 21.3 Å². The molecular weight excluding hydrogens is 198 g/mol. The number of aryl methyl sites for hydroxylation is 2. The molecular formula is C14H23NO. The van der Waals surface area contributed by atoms with Gasteiger partial charge in [-0.15, -0.1) is 0 Å². The summed E-state index contributed by atoms with van der Waals surface area (Å²) >= 11 is 0. The van der Waals surface area contributed by atoms with Gasteiger partial charge in [-0.25, -0.2) is 0 Å². The number of anilines is 1. The van der Waals surface area contributed by atoms with Crippen LogP contribution in [0.25, 0.3) is 0 Å². The van der Waals surface area contributed by atoms with Crippen molar-refractivity contribution in [3.05, 3.63) is 29.3 Å². The number of hydrogen-bond donors (Lipinski definition) is 1. The quantitative estimate of drug-likeness (QED) is 0.785. The van der Waals surface area contributed by atoms with Crippen LogP contribution < -0.4 is 5.32 Å². The first kappa shape index (κ1) is 13.0. The maximum atomic E-state index is 5.65. The molecule has 0 atom stereocenters. The second-order valence-corrected chi connectivity index (χ2v) is 5.26. The fraction of sp³-hybridized carbons (Fsp3) is 0.571. The van der Waals surface area contributed by atoms with Crippen LogP contribution in [0.4, 0.5) is 5.69 Å². The minimum absolute atomic E-state index is 0.0514. The van der Waals surface area contributed by atoms with Crippen LogP contribution in [0.3, 0.4) is 0 Å². The Hall–Kier alpha value is -1.02. The molecule has 1 N–H and O–H groups in total. The largest absolute Gasteiger partial charge is 0.383 e. The van der Waals surface area contributed by atoms with Crippen molar-refractivity contribution in [3.8, 4) is 0 Å². The molecule has 0 aliphatic carbocycles. The van der Waals surface area contributed by atoms with Crippen LogP contribution in [-0.2, 0) is 4.74 Å². The van der Waals surface area contributed by atoms with Crippen molar-refractivity contribution in [2.24, 2.45) is 0 Å².